The zero-order valence-electron chi connectivity index (χ0n) is 22.7. The van der Waals surface area contributed by atoms with E-state index in [2.05, 4.69) is 20.5 Å². The maximum absolute atomic E-state index is 13.2. The molecule has 3 aromatic carbocycles. The summed E-state index contributed by atoms with van der Waals surface area (Å²) in [6.45, 7) is 3.62. The fourth-order valence-corrected chi connectivity index (χ4v) is 5.01. The van der Waals surface area contributed by atoms with E-state index in [1.54, 1.807) is 18.3 Å². The number of aromatic nitrogens is 1. The summed E-state index contributed by atoms with van der Waals surface area (Å²) in [5, 5.41) is 6.36. The summed E-state index contributed by atoms with van der Waals surface area (Å²) in [5.41, 5.74) is 1.68. The van der Waals surface area contributed by atoms with Gasteiger partial charge in [0.2, 0.25) is 0 Å². The van der Waals surface area contributed by atoms with Gasteiger partial charge in [-0.3, -0.25) is 4.79 Å². The topological polar surface area (TPSA) is 57.3 Å². The number of carbonyl (C=O) groups is 1. The van der Waals surface area contributed by atoms with Gasteiger partial charge in [-0.25, -0.2) is 4.98 Å². The predicted octanol–water partition coefficient (Wildman–Crippen LogP) is 8.11. The largest absolute Gasteiger partial charge is 0.416 e. The Hall–Kier alpha value is -4.25. The van der Waals surface area contributed by atoms with Gasteiger partial charge in [-0.1, -0.05) is 29.8 Å². The molecule has 0 radical (unpaired) electrons. The van der Waals surface area contributed by atoms with Crippen LogP contribution in [0.3, 0.4) is 0 Å². The van der Waals surface area contributed by atoms with Crippen LogP contribution in [0.25, 0.3) is 11.1 Å². The Morgan fingerprint density at radius 2 is 1.60 bits per heavy atom. The molecule has 0 fully saturated rings. The molecule has 0 saturated heterocycles. The molecular formula is C31H25ClF6N4O. The summed E-state index contributed by atoms with van der Waals surface area (Å²) in [4.78, 5) is 19.5. The average molecular weight is 619 g/mol. The van der Waals surface area contributed by atoms with Crippen molar-refractivity contribution in [2.75, 3.05) is 23.3 Å². The number of hydrogen-bond donors (Lipinski definition) is 2. The van der Waals surface area contributed by atoms with Crippen LogP contribution in [-0.2, 0) is 25.4 Å². The Labute approximate surface area is 248 Å². The number of alkyl halides is 6. The molecule has 0 bridgehead atoms. The molecule has 2 heterocycles. The zero-order valence-corrected chi connectivity index (χ0v) is 23.5. The average Bonchev–Trinajstić information content (AvgIpc) is 2.97. The lowest BCUT2D eigenvalue weighted by Gasteiger charge is -2.32. The first-order valence-corrected chi connectivity index (χ1v) is 13.6. The number of rotatable bonds is 6. The predicted molar refractivity (Wildman–Crippen MR) is 153 cm³/mol. The lowest BCUT2D eigenvalue weighted by Crippen LogP contribution is -2.34. The maximum atomic E-state index is 13.2. The van der Waals surface area contributed by atoms with E-state index >= 15 is 0 Å². The molecule has 224 valence electrons. The van der Waals surface area contributed by atoms with Gasteiger partial charge in [-0.15, -0.1) is 0 Å². The van der Waals surface area contributed by atoms with Gasteiger partial charge in [0.1, 0.15) is 5.82 Å². The Morgan fingerprint density at radius 1 is 0.930 bits per heavy atom. The molecule has 0 atom stereocenters. The second-order valence-corrected chi connectivity index (χ2v) is 10.6. The van der Waals surface area contributed by atoms with Crippen LogP contribution in [0.15, 0.2) is 72.9 Å². The number of pyridine rings is 1. The van der Waals surface area contributed by atoms with Crippen LogP contribution >= 0.6 is 11.6 Å². The third-order valence-electron chi connectivity index (χ3n) is 7.14. The quantitative estimate of drug-likeness (QED) is 0.214. The van der Waals surface area contributed by atoms with Crippen molar-refractivity contribution in [2.45, 2.75) is 32.4 Å². The minimum Gasteiger partial charge on any atom is -0.367 e. The van der Waals surface area contributed by atoms with E-state index in [1.807, 2.05) is 31.2 Å². The molecule has 1 amide bonds. The summed E-state index contributed by atoms with van der Waals surface area (Å²) in [5.74, 6) is 0.0994. The Bertz CT molecular complexity index is 1620. The Balaban J connectivity index is 1.31. The minimum atomic E-state index is -4.97. The zero-order chi connectivity index (χ0) is 30.9. The van der Waals surface area contributed by atoms with Crippen LogP contribution in [0.4, 0.5) is 37.8 Å². The summed E-state index contributed by atoms with van der Waals surface area (Å²) >= 11 is 6.22. The second-order valence-electron chi connectivity index (χ2n) is 10.2. The first-order valence-electron chi connectivity index (χ1n) is 13.2. The van der Waals surface area contributed by atoms with E-state index in [0.29, 0.717) is 23.7 Å². The molecule has 12 heteroatoms. The number of nitrogens with one attached hydrogen (secondary N) is 2. The van der Waals surface area contributed by atoms with Crippen molar-refractivity contribution < 1.29 is 31.1 Å². The number of amides is 1. The van der Waals surface area contributed by atoms with Gasteiger partial charge >= 0.3 is 12.4 Å². The molecule has 0 spiro atoms. The Kier molecular flexibility index (Phi) is 8.29. The van der Waals surface area contributed by atoms with Crippen molar-refractivity contribution in [1.82, 2.24) is 10.3 Å². The molecule has 0 unspecified atom stereocenters. The molecule has 43 heavy (non-hydrogen) atoms. The monoisotopic (exact) mass is 618 g/mol. The van der Waals surface area contributed by atoms with Crippen molar-refractivity contribution >= 4 is 29.0 Å². The number of hydrogen-bond acceptors (Lipinski definition) is 4. The molecule has 2 N–H and O–H groups in total. The second kappa shape index (κ2) is 11.8. The molecule has 5 nitrogen and oxygen atoms in total. The third kappa shape index (κ3) is 7.05. The molecule has 4 aromatic rings. The molecule has 0 saturated carbocycles. The number of aryl methyl sites for hydroxylation is 1. The lowest BCUT2D eigenvalue weighted by molar-refractivity contribution is -0.143. The van der Waals surface area contributed by atoms with E-state index in [-0.39, 0.29) is 17.2 Å². The first kappa shape index (κ1) is 30.2. The fraction of sp³-hybridized carbons (Fsp3) is 0.226. The van der Waals surface area contributed by atoms with Crippen LogP contribution in [0.1, 0.15) is 38.2 Å². The first-order chi connectivity index (χ1) is 20.3. The van der Waals surface area contributed by atoms with Crippen LogP contribution < -0.4 is 15.5 Å². The normalized spacial score (nSPS) is 13.3. The van der Waals surface area contributed by atoms with E-state index in [0.717, 1.165) is 46.8 Å². The number of benzene rings is 3. The highest BCUT2D eigenvalue weighted by Gasteiger charge is 2.36. The highest BCUT2D eigenvalue weighted by Crippen LogP contribution is 2.37. The fourth-order valence-electron chi connectivity index (χ4n) is 4.82. The van der Waals surface area contributed by atoms with Gasteiger partial charge in [-0.05, 0) is 77.7 Å². The van der Waals surface area contributed by atoms with Crippen LogP contribution in [0.5, 0.6) is 0 Å². The molecule has 5 rings (SSSR count). The highest BCUT2D eigenvalue weighted by molar-refractivity contribution is 6.30. The van der Waals surface area contributed by atoms with Crippen molar-refractivity contribution in [3.05, 3.63) is 111 Å². The summed E-state index contributed by atoms with van der Waals surface area (Å²) in [6, 6.07) is 15.5. The standard InChI is InChI=1S/C31H25ClF6N4O/c1-18-2-7-26(32)12-23(18)17-42-9-8-39-28-27(42)13-22(16-40-28)20-3-5-21(6-4-20)29(43)41-15-19-10-24(30(33,34)35)14-25(11-19)31(36,37)38/h2-7,10-14,16H,8-9,15,17H2,1H3,(H,39,40)(H,41,43). The summed E-state index contributed by atoms with van der Waals surface area (Å²) in [6.07, 6.45) is -8.23. The lowest BCUT2D eigenvalue weighted by atomic mass is 10.0. The SMILES string of the molecule is Cc1ccc(Cl)cc1CN1CCNc2ncc(-c3ccc(C(=O)NCc4cc(C(F)(F)F)cc(C(F)(F)F)c4)cc3)cc21. The number of halogens is 7. The van der Waals surface area contributed by atoms with Gasteiger partial charge in [-0.2, -0.15) is 26.3 Å². The number of nitrogens with zero attached hydrogens (tertiary/aromatic N) is 2. The van der Waals surface area contributed by atoms with Crippen LogP contribution in [0, 0.1) is 6.92 Å². The van der Waals surface area contributed by atoms with Crippen molar-refractivity contribution in [2.24, 2.45) is 0 Å². The van der Waals surface area contributed by atoms with Crippen LogP contribution in [0.2, 0.25) is 5.02 Å². The molecule has 1 aliphatic rings. The number of fused-ring (bicyclic) bond motifs is 1. The highest BCUT2D eigenvalue weighted by atomic mass is 35.5. The smallest absolute Gasteiger partial charge is 0.367 e. The molecule has 1 aliphatic heterocycles. The van der Waals surface area contributed by atoms with Crippen LogP contribution in [-0.4, -0.2) is 24.0 Å². The van der Waals surface area contributed by atoms with E-state index in [9.17, 15) is 31.1 Å². The number of anilines is 2. The van der Waals surface area contributed by atoms with E-state index in [1.165, 1.54) is 12.1 Å². The van der Waals surface area contributed by atoms with Crippen molar-refractivity contribution in [3.63, 3.8) is 0 Å². The minimum absolute atomic E-state index is 0.0488. The summed E-state index contributed by atoms with van der Waals surface area (Å²) < 4.78 is 78.9. The van der Waals surface area contributed by atoms with E-state index < -0.39 is 35.9 Å². The van der Waals surface area contributed by atoms with Crippen molar-refractivity contribution in [1.29, 1.82) is 0 Å². The molecular weight excluding hydrogens is 594 g/mol. The van der Waals surface area contributed by atoms with Gasteiger partial charge in [0.05, 0.1) is 16.8 Å². The Morgan fingerprint density at radius 3 is 2.26 bits per heavy atom. The third-order valence-corrected chi connectivity index (χ3v) is 7.37. The van der Waals surface area contributed by atoms with E-state index in [4.69, 9.17) is 11.6 Å². The van der Waals surface area contributed by atoms with Crippen molar-refractivity contribution in [3.8, 4) is 11.1 Å². The molecule has 0 aliphatic carbocycles. The van der Waals surface area contributed by atoms with Gasteiger partial charge in [0.15, 0.2) is 0 Å². The van der Waals surface area contributed by atoms with Gasteiger partial charge in [0.25, 0.3) is 5.91 Å². The van der Waals surface area contributed by atoms with Gasteiger partial charge < -0.3 is 15.5 Å². The number of carbonyl (C=O) groups excluding carboxylic acids is 1. The maximum Gasteiger partial charge on any atom is 0.416 e. The van der Waals surface area contributed by atoms with Gasteiger partial charge in [0, 0.05) is 48.5 Å². The molecule has 1 aromatic heterocycles. The summed E-state index contributed by atoms with van der Waals surface area (Å²) in [7, 11) is 0.